The molecule has 3 aromatic rings. The van der Waals surface area contributed by atoms with Gasteiger partial charge in [-0.25, -0.2) is 4.68 Å². The van der Waals surface area contributed by atoms with Gasteiger partial charge in [-0.15, -0.1) is 0 Å². The summed E-state index contributed by atoms with van der Waals surface area (Å²) in [6.45, 7) is 3.52. The summed E-state index contributed by atoms with van der Waals surface area (Å²) in [5, 5.41) is 8.50. The molecule has 1 unspecified atom stereocenters. The van der Waals surface area contributed by atoms with Gasteiger partial charge in [-0.2, -0.15) is 10.2 Å². The fourth-order valence-corrected chi connectivity index (χ4v) is 3.35. The number of aromatic nitrogens is 4. The molecule has 0 saturated carbocycles. The number of benzene rings is 1. The van der Waals surface area contributed by atoms with Crippen molar-refractivity contribution in [2.75, 3.05) is 19.7 Å². The first-order valence-corrected chi connectivity index (χ1v) is 8.58. The van der Waals surface area contributed by atoms with Gasteiger partial charge in [0.1, 0.15) is 5.60 Å². The van der Waals surface area contributed by atoms with E-state index in [0.29, 0.717) is 25.3 Å². The third kappa shape index (κ3) is 2.90. The fourth-order valence-electron chi connectivity index (χ4n) is 3.35. The molecule has 0 bridgehead atoms. The zero-order chi connectivity index (χ0) is 18.1. The predicted molar refractivity (Wildman–Crippen MR) is 96.0 cm³/mol. The summed E-state index contributed by atoms with van der Waals surface area (Å²) < 4.78 is 9.48. The second-order valence-corrected chi connectivity index (χ2v) is 6.68. The van der Waals surface area contributed by atoms with Gasteiger partial charge in [-0.05, 0) is 25.1 Å². The summed E-state index contributed by atoms with van der Waals surface area (Å²) in [4.78, 5) is 15.1. The first-order chi connectivity index (χ1) is 12.6. The van der Waals surface area contributed by atoms with E-state index in [1.807, 2.05) is 61.6 Å². The lowest BCUT2D eigenvalue weighted by Crippen LogP contribution is -2.50. The smallest absolute Gasteiger partial charge is 0.256 e. The minimum Gasteiger partial charge on any atom is -0.367 e. The maximum Gasteiger partial charge on any atom is 0.256 e. The number of amides is 1. The van der Waals surface area contributed by atoms with Crippen molar-refractivity contribution in [1.82, 2.24) is 24.5 Å². The Labute approximate surface area is 151 Å². The maximum absolute atomic E-state index is 13.2. The Balaban J connectivity index is 1.63. The minimum atomic E-state index is -0.567. The van der Waals surface area contributed by atoms with Gasteiger partial charge in [-0.3, -0.25) is 9.48 Å². The summed E-state index contributed by atoms with van der Waals surface area (Å²) in [5.41, 5.74) is 1.81. The van der Waals surface area contributed by atoms with E-state index >= 15 is 0 Å². The number of hydrogen-bond donors (Lipinski definition) is 0. The molecule has 1 aliphatic heterocycles. The van der Waals surface area contributed by atoms with Gasteiger partial charge in [0, 0.05) is 37.7 Å². The van der Waals surface area contributed by atoms with Crippen LogP contribution in [0.15, 0.2) is 55.1 Å². The zero-order valence-electron chi connectivity index (χ0n) is 14.9. The topological polar surface area (TPSA) is 65.2 Å². The number of hydrogen-bond acceptors (Lipinski definition) is 4. The first-order valence-electron chi connectivity index (χ1n) is 8.58. The lowest BCUT2D eigenvalue weighted by molar-refractivity contribution is -0.0931. The number of ether oxygens (including phenoxy) is 1. The van der Waals surface area contributed by atoms with Crippen LogP contribution in [0.25, 0.3) is 5.69 Å². The van der Waals surface area contributed by atoms with Crippen LogP contribution in [0.4, 0.5) is 0 Å². The van der Waals surface area contributed by atoms with Crippen molar-refractivity contribution in [3.63, 3.8) is 0 Å². The molecule has 7 nitrogen and oxygen atoms in total. The van der Waals surface area contributed by atoms with Gasteiger partial charge < -0.3 is 9.64 Å². The molecule has 0 radical (unpaired) electrons. The molecule has 1 amide bonds. The highest BCUT2D eigenvalue weighted by Crippen LogP contribution is 2.30. The number of para-hydroxylation sites is 1. The highest BCUT2D eigenvalue weighted by Gasteiger charge is 2.37. The Morgan fingerprint density at radius 3 is 2.81 bits per heavy atom. The van der Waals surface area contributed by atoms with Crippen molar-refractivity contribution in [2.45, 2.75) is 12.5 Å². The van der Waals surface area contributed by atoms with E-state index in [0.717, 1.165) is 11.3 Å². The van der Waals surface area contributed by atoms with Gasteiger partial charge in [0.25, 0.3) is 5.91 Å². The van der Waals surface area contributed by atoms with E-state index in [-0.39, 0.29) is 5.91 Å². The summed E-state index contributed by atoms with van der Waals surface area (Å²) in [7, 11) is 1.87. The molecule has 0 N–H and O–H groups in total. The van der Waals surface area contributed by atoms with E-state index in [1.165, 1.54) is 0 Å². The molecule has 0 spiro atoms. The molecule has 7 heteroatoms. The highest BCUT2D eigenvalue weighted by molar-refractivity contribution is 5.97. The zero-order valence-corrected chi connectivity index (χ0v) is 14.9. The van der Waals surface area contributed by atoms with Crippen LogP contribution in [-0.2, 0) is 17.4 Å². The van der Waals surface area contributed by atoms with E-state index in [4.69, 9.17) is 4.74 Å². The molecular formula is C19H21N5O2. The summed E-state index contributed by atoms with van der Waals surface area (Å²) in [6, 6.07) is 9.38. The molecule has 1 aliphatic rings. The van der Waals surface area contributed by atoms with E-state index in [9.17, 15) is 4.79 Å². The van der Waals surface area contributed by atoms with Crippen LogP contribution >= 0.6 is 0 Å². The molecule has 1 saturated heterocycles. The number of carbonyl (C=O) groups is 1. The van der Waals surface area contributed by atoms with Gasteiger partial charge in [0.15, 0.2) is 0 Å². The second kappa shape index (κ2) is 6.42. The molecule has 1 aromatic carbocycles. The highest BCUT2D eigenvalue weighted by atomic mass is 16.5. The van der Waals surface area contributed by atoms with Crippen LogP contribution in [0, 0.1) is 0 Å². The largest absolute Gasteiger partial charge is 0.367 e. The fraction of sp³-hybridized carbons (Fsp3) is 0.316. The molecule has 3 heterocycles. The molecular weight excluding hydrogens is 330 g/mol. The summed E-state index contributed by atoms with van der Waals surface area (Å²) in [5.74, 6) is -0.0190. The van der Waals surface area contributed by atoms with Crippen LogP contribution in [0.5, 0.6) is 0 Å². The van der Waals surface area contributed by atoms with Crippen LogP contribution in [-0.4, -0.2) is 50.1 Å². The number of carbonyl (C=O) groups excluding carboxylic acids is 1. The van der Waals surface area contributed by atoms with Crippen LogP contribution in [0.3, 0.4) is 0 Å². The van der Waals surface area contributed by atoms with E-state index in [1.54, 1.807) is 21.8 Å². The number of morpholine rings is 1. The van der Waals surface area contributed by atoms with Gasteiger partial charge in [0.2, 0.25) is 0 Å². The molecule has 1 atom stereocenters. The Morgan fingerprint density at radius 1 is 1.23 bits per heavy atom. The van der Waals surface area contributed by atoms with Gasteiger partial charge in [0.05, 0.1) is 30.6 Å². The Morgan fingerprint density at radius 2 is 2.08 bits per heavy atom. The van der Waals surface area contributed by atoms with Crippen molar-refractivity contribution in [3.05, 3.63) is 66.2 Å². The Kier molecular flexibility index (Phi) is 4.08. The van der Waals surface area contributed by atoms with Crippen molar-refractivity contribution >= 4 is 5.91 Å². The van der Waals surface area contributed by atoms with Gasteiger partial charge >= 0.3 is 0 Å². The average Bonchev–Trinajstić information content (AvgIpc) is 3.33. The first kappa shape index (κ1) is 16.5. The number of nitrogens with zero attached hydrogens (tertiary/aromatic N) is 5. The Bertz CT molecular complexity index is 918. The normalized spacial score (nSPS) is 20.3. The van der Waals surface area contributed by atoms with Crippen LogP contribution in [0.1, 0.15) is 22.8 Å². The van der Waals surface area contributed by atoms with Crippen LogP contribution in [0.2, 0.25) is 0 Å². The monoisotopic (exact) mass is 351 g/mol. The quantitative estimate of drug-likeness (QED) is 0.724. The Hall–Kier alpha value is -2.93. The molecule has 4 rings (SSSR count). The predicted octanol–water partition coefficient (Wildman–Crippen LogP) is 1.99. The third-order valence-electron chi connectivity index (χ3n) is 4.76. The maximum atomic E-state index is 13.2. The SMILES string of the molecule is Cn1cc(C2(C)CN(C(=O)c3ccccc3-n3cccn3)CCO2)cn1. The molecule has 2 aromatic heterocycles. The molecule has 0 aliphatic carbocycles. The number of aryl methyl sites for hydroxylation is 1. The molecule has 26 heavy (non-hydrogen) atoms. The van der Waals surface area contributed by atoms with E-state index in [2.05, 4.69) is 10.2 Å². The lowest BCUT2D eigenvalue weighted by atomic mass is 9.96. The van der Waals surface area contributed by atoms with Crippen molar-refractivity contribution in [3.8, 4) is 5.69 Å². The van der Waals surface area contributed by atoms with Crippen LogP contribution < -0.4 is 0 Å². The van der Waals surface area contributed by atoms with Crippen molar-refractivity contribution < 1.29 is 9.53 Å². The van der Waals surface area contributed by atoms with Crippen molar-refractivity contribution in [2.24, 2.45) is 7.05 Å². The summed E-state index contributed by atoms with van der Waals surface area (Å²) >= 11 is 0. The van der Waals surface area contributed by atoms with Gasteiger partial charge in [-0.1, -0.05) is 12.1 Å². The molecule has 1 fully saturated rings. The second-order valence-electron chi connectivity index (χ2n) is 6.68. The standard InChI is InChI=1S/C19H21N5O2/c1-19(15-12-21-22(2)13-15)14-23(10-11-26-19)18(25)16-6-3-4-7-17(16)24-9-5-8-20-24/h3-9,12-13H,10-11,14H2,1-2H3. The average molecular weight is 351 g/mol. The number of rotatable bonds is 3. The van der Waals surface area contributed by atoms with Crippen molar-refractivity contribution in [1.29, 1.82) is 0 Å². The molecule has 134 valence electrons. The minimum absolute atomic E-state index is 0.0190. The third-order valence-corrected chi connectivity index (χ3v) is 4.76. The van der Waals surface area contributed by atoms with E-state index < -0.39 is 5.60 Å². The summed E-state index contributed by atoms with van der Waals surface area (Å²) in [6.07, 6.45) is 7.28. The lowest BCUT2D eigenvalue weighted by Gasteiger charge is -2.40.